The molecule has 0 aromatic rings. The summed E-state index contributed by atoms with van der Waals surface area (Å²) in [4.78, 5) is 32.5. The minimum atomic E-state index is -0.321. The number of hydrogen-bond donors (Lipinski definition) is 1. The summed E-state index contributed by atoms with van der Waals surface area (Å²) in [6, 6.07) is 0. The third-order valence-corrected chi connectivity index (χ3v) is 7.32. The highest BCUT2D eigenvalue weighted by Crippen LogP contribution is 2.27. The summed E-state index contributed by atoms with van der Waals surface area (Å²) in [7, 11) is 1.00. The number of piperazine rings is 2. The number of cyclic esters (lactones) is 2. The molecule has 2 fully saturated rings. The second-order valence-electron chi connectivity index (χ2n) is 12.6. The average Bonchev–Trinajstić information content (AvgIpc) is 3.55. The summed E-state index contributed by atoms with van der Waals surface area (Å²) >= 11 is 0. The Morgan fingerprint density at radius 1 is 0.587 bits per heavy atom. The Kier molecular flexibility index (Phi) is 16.6. The number of ether oxygens (including phenoxy) is 2. The Bertz CT molecular complexity index is 1160. The van der Waals surface area contributed by atoms with Gasteiger partial charge in [-0.1, -0.05) is 46.6 Å². The zero-order valence-corrected chi connectivity index (χ0v) is 29.5. The molecule has 4 rings (SSSR count). The van der Waals surface area contributed by atoms with Gasteiger partial charge >= 0.3 is 11.9 Å². The summed E-state index contributed by atoms with van der Waals surface area (Å²) in [5.41, 5.74) is 6.76. The van der Waals surface area contributed by atoms with E-state index in [2.05, 4.69) is 84.0 Å². The van der Waals surface area contributed by atoms with Crippen molar-refractivity contribution >= 4 is 11.9 Å². The van der Waals surface area contributed by atoms with E-state index in [1.54, 1.807) is 12.2 Å². The Hall–Kier alpha value is -3.66. The number of aliphatic hydroxyl groups is 1. The predicted octanol–water partition coefficient (Wildman–Crippen LogP) is 5.33. The number of aliphatic hydroxyl groups excluding tert-OH is 1. The van der Waals surface area contributed by atoms with E-state index >= 15 is 0 Å². The highest BCUT2D eigenvalue weighted by molar-refractivity contribution is 5.87. The fourth-order valence-electron chi connectivity index (χ4n) is 5.26. The number of nitrogens with zero attached hydrogens (tertiary/aromatic N) is 4. The standard InChI is InChI=1S/C20H26N2O4.C16H26N2.CH4O/c1-13(2)9-15-11-17(23)25-19(15)21-5-7-22(8-6-21)20-16(10-14(3)4)12-18(24)26-20;1-15(2)7-5-9-17-11-13-18(14-12-17)10-6-8-16(3)4;1-2/h9-12,19-20H,5-8H2,1-4H3;5-10H,11-14H2,1-4H3;2H,1H3/b;9-5+,10-6+;. The highest BCUT2D eigenvalue weighted by atomic mass is 16.6. The third kappa shape index (κ3) is 13.4. The number of carbonyl (C=O) groups is 2. The van der Waals surface area contributed by atoms with Gasteiger partial charge in [0.1, 0.15) is 0 Å². The number of allylic oxidation sites excluding steroid dienone is 8. The Balaban J connectivity index is 0.000000324. The highest BCUT2D eigenvalue weighted by Gasteiger charge is 2.37. The Labute approximate surface area is 277 Å². The van der Waals surface area contributed by atoms with Crippen molar-refractivity contribution in [3.8, 4) is 0 Å². The van der Waals surface area contributed by atoms with Crippen LogP contribution < -0.4 is 0 Å². The number of esters is 2. The summed E-state index contributed by atoms with van der Waals surface area (Å²) in [6.45, 7) is 23.9. The van der Waals surface area contributed by atoms with Crippen LogP contribution >= 0.6 is 0 Å². The van der Waals surface area contributed by atoms with Crippen molar-refractivity contribution in [2.75, 3.05) is 59.5 Å². The molecule has 2 saturated heterocycles. The van der Waals surface area contributed by atoms with E-state index in [0.29, 0.717) is 0 Å². The Morgan fingerprint density at radius 3 is 1.20 bits per heavy atom. The molecule has 4 heterocycles. The van der Waals surface area contributed by atoms with E-state index in [1.807, 2.05) is 39.8 Å². The largest absolute Gasteiger partial charge is 0.439 e. The lowest BCUT2D eigenvalue weighted by molar-refractivity contribution is -0.153. The van der Waals surface area contributed by atoms with Gasteiger partial charge in [-0.05, 0) is 79.9 Å². The fraction of sp³-hybridized carbons (Fsp3) is 0.514. The number of rotatable bonds is 8. The predicted molar refractivity (Wildman–Crippen MR) is 186 cm³/mol. The maximum absolute atomic E-state index is 11.7. The second kappa shape index (κ2) is 19.8. The zero-order chi connectivity index (χ0) is 34.2. The van der Waals surface area contributed by atoms with Crippen LogP contribution in [-0.4, -0.2) is 109 Å². The van der Waals surface area contributed by atoms with Gasteiger partial charge in [-0.3, -0.25) is 9.80 Å². The lowest BCUT2D eigenvalue weighted by Crippen LogP contribution is -2.54. The van der Waals surface area contributed by atoms with Crippen molar-refractivity contribution in [2.24, 2.45) is 0 Å². The monoisotopic (exact) mass is 636 g/mol. The summed E-state index contributed by atoms with van der Waals surface area (Å²) in [5, 5.41) is 7.00. The van der Waals surface area contributed by atoms with Gasteiger partial charge in [0, 0.05) is 82.8 Å². The quantitative estimate of drug-likeness (QED) is 0.281. The SMILES string of the molecule is CC(C)=C/C=C/N1CCN(/C=C/C=C(C)C)CC1.CC(C)=CC1=CC(=O)OC1N1CCN(C2OC(=O)C=C2C=C(C)C)CC1.CO. The first-order valence-corrected chi connectivity index (χ1v) is 16.1. The van der Waals surface area contributed by atoms with E-state index in [4.69, 9.17) is 14.6 Å². The van der Waals surface area contributed by atoms with Crippen LogP contribution in [0.15, 0.2) is 94.4 Å². The van der Waals surface area contributed by atoms with Gasteiger partial charge in [0.25, 0.3) is 0 Å². The van der Waals surface area contributed by atoms with Crippen LogP contribution in [0.2, 0.25) is 0 Å². The molecule has 2 unspecified atom stereocenters. The number of carbonyl (C=O) groups excluding carboxylic acids is 2. The summed E-state index contributed by atoms with van der Waals surface area (Å²) < 4.78 is 11.0. The molecule has 0 amide bonds. The molecule has 0 bridgehead atoms. The third-order valence-electron chi connectivity index (χ3n) is 7.32. The molecule has 0 saturated carbocycles. The molecule has 0 radical (unpaired) electrons. The molecule has 0 aromatic carbocycles. The van der Waals surface area contributed by atoms with Crippen LogP contribution in [0.1, 0.15) is 55.4 Å². The zero-order valence-electron chi connectivity index (χ0n) is 29.5. The molecule has 9 heteroatoms. The van der Waals surface area contributed by atoms with E-state index in [0.717, 1.165) is 81.8 Å². The van der Waals surface area contributed by atoms with Gasteiger partial charge in [0.15, 0.2) is 12.5 Å². The van der Waals surface area contributed by atoms with Crippen LogP contribution in [0.4, 0.5) is 0 Å². The summed E-state index contributed by atoms with van der Waals surface area (Å²) in [5.74, 6) is -0.577. The lowest BCUT2D eigenvalue weighted by atomic mass is 10.1. The second-order valence-corrected chi connectivity index (χ2v) is 12.6. The van der Waals surface area contributed by atoms with Crippen LogP contribution in [0, 0.1) is 0 Å². The van der Waals surface area contributed by atoms with E-state index in [9.17, 15) is 9.59 Å². The van der Waals surface area contributed by atoms with E-state index in [1.165, 1.54) is 11.1 Å². The molecule has 0 spiro atoms. The maximum atomic E-state index is 11.7. The lowest BCUT2D eigenvalue weighted by Gasteiger charge is -2.39. The maximum Gasteiger partial charge on any atom is 0.333 e. The molecular formula is C37H56N4O5. The minimum absolute atomic E-state index is 0.288. The van der Waals surface area contributed by atoms with Gasteiger partial charge in [-0.25, -0.2) is 9.59 Å². The summed E-state index contributed by atoms with van der Waals surface area (Å²) in [6.07, 6.45) is 19.5. The van der Waals surface area contributed by atoms with Crippen molar-refractivity contribution in [1.82, 2.24) is 19.6 Å². The normalized spacial score (nSPS) is 21.7. The van der Waals surface area contributed by atoms with Gasteiger partial charge < -0.3 is 24.4 Å². The smallest absolute Gasteiger partial charge is 0.333 e. The molecule has 9 nitrogen and oxygen atoms in total. The molecular weight excluding hydrogens is 580 g/mol. The first-order chi connectivity index (χ1) is 21.9. The van der Waals surface area contributed by atoms with Gasteiger partial charge in [-0.15, -0.1) is 0 Å². The van der Waals surface area contributed by atoms with Gasteiger partial charge in [0.05, 0.1) is 0 Å². The van der Waals surface area contributed by atoms with Crippen LogP contribution in [0.3, 0.4) is 0 Å². The van der Waals surface area contributed by atoms with Crippen molar-refractivity contribution in [1.29, 1.82) is 0 Å². The topological polar surface area (TPSA) is 85.8 Å². The van der Waals surface area contributed by atoms with Crippen molar-refractivity contribution < 1.29 is 24.2 Å². The molecule has 4 aliphatic rings. The molecule has 46 heavy (non-hydrogen) atoms. The fourth-order valence-corrected chi connectivity index (χ4v) is 5.26. The molecule has 1 N–H and O–H groups in total. The molecule has 0 aliphatic carbocycles. The van der Waals surface area contributed by atoms with Gasteiger partial charge in [-0.2, -0.15) is 0 Å². The minimum Gasteiger partial charge on any atom is -0.439 e. The molecule has 0 aromatic heterocycles. The Morgan fingerprint density at radius 2 is 0.913 bits per heavy atom. The first kappa shape index (κ1) is 38.5. The molecule has 4 aliphatic heterocycles. The van der Waals surface area contributed by atoms with Crippen LogP contribution in [0.25, 0.3) is 0 Å². The van der Waals surface area contributed by atoms with Crippen molar-refractivity contribution in [2.45, 2.75) is 67.8 Å². The number of hydrogen-bond acceptors (Lipinski definition) is 9. The van der Waals surface area contributed by atoms with Gasteiger partial charge in [0.2, 0.25) is 0 Å². The van der Waals surface area contributed by atoms with Crippen LogP contribution in [-0.2, 0) is 19.1 Å². The molecule has 254 valence electrons. The van der Waals surface area contributed by atoms with E-state index < -0.39 is 0 Å². The first-order valence-electron chi connectivity index (χ1n) is 16.1. The van der Waals surface area contributed by atoms with E-state index in [-0.39, 0.29) is 24.4 Å². The molecule has 2 atom stereocenters. The average molecular weight is 637 g/mol. The van der Waals surface area contributed by atoms with Crippen molar-refractivity contribution in [3.05, 3.63) is 94.4 Å². The van der Waals surface area contributed by atoms with Crippen LogP contribution in [0.5, 0.6) is 0 Å². The van der Waals surface area contributed by atoms with Crippen molar-refractivity contribution in [3.63, 3.8) is 0 Å².